The van der Waals surface area contributed by atoms with Gasteiger partial charge in [-0.1, -0.05) is 12.1 Å². The zero-order chi connectivity index (χ0) is 26.8. The number of allylic oxidation sites excluding steroid dienone is 4. The Bertz CT molecular complexity index is 1330. The standard InChI is InChI=1S/C30H31IN2O5/c1-3-37-25-15-18(14-20(31)30(25)38-16-26(36)32-19-8-4-7-17(2)13-19)27-28-21(9-5-11-23(28)34)33-22-10-6-12-24(35)29(22)27/h4,7-8,13-15,27,33H,3,5-6,9-12,16H2,1-2H3,(H,32,36). The van der Waals surface area contributed by atoms with E-state index in [1.807, 2.05) is 50.2 Å². The van der Waals surface area contributed by atoms with Gasteiger partial charge in [-0.3, -0.25) is 14.4 Å². The molecule has 3 aliphatic rings. The van der Waals surface area contributed by atoms with E-state index in [1.54, 1.807) is 0 Å². The number of rotatable bonds is 7. The van der Waals surface area contributed by atoms with Gasteiger partial charge in [-0.05, 0) is 97.5 Å². The summed E-state index contributed by atoms with van der Waals surface area (Å²) < 4.78 is 12.7. The molecule has 0 bridgehead atoms. The number of anilines is 1. The molecule has 0 atom stereocenters. The lowest BCUT2D eigenvalue weighted by Crippen LogP contribution is -2.36. The number of dihydropyridines is 1. The lowest BCUT2D eigenvalue weighted by Gasteiger charge is -2.37. The van der Waals surface area contributed by atoms with E-state index < -0.39 is 5.92 Å². The molecule has 8 heteroatoms. The molecule has 1 aliphatic heterocycles. The maximum Gasteiger partial charge on any atom is 0.262 e. The number of Topliss-reactive ketones (excluding diaryl/α,β-unsaturated/α-hetero) is 2. The van der Waals surface area contributed by atoms with Gasteiger partial charge in [-0.15, -0.1) is 0 Å². The number of benzene rings is 2. The molecule has 2 N–H and O–H groups in total. The molecule has 2 aromatic rings. The number of carbonyl (C=O) groups excluding carboxylic acids is 3. The van der Waals surface area contributed by atoms with Crippen LogP contribution in [0.15, 0.2) is 58.9 Å². The quantitative estimate of drug-likeness (QED) is 0.383. The summed E-state index contributed by atoms with van der Waals surface area (Å²) in [4.78, 5) is 38.9. The van der Waals surface area contributed by atoms with Gasteiger partial charge in [0.25, 0.3) is 5.91 Å². The highest BCUT2D eigenvalue weighted by molar-refractivity contribution is 14.1. The first-order chi connectivity index (χ1) is 18.4. The molecular formula is C30H31IN2O5. The lowest BCUT2D eigenvalue weighted by atomic mass is 9.71. The highest BCUT2D eigenvalue weighted by atomic mass is 127. The smallest absolute Gasteiger partial charge is 0.262 e. The summed E-state index contributed by atoms with van der Waals surface area (Å²) in [6, 6.07) is 11.4. The second-order valence-corrected chi connectivity index (χ2v) is 11.0. The Hall–Kier alpha value is -3.14. The summed E-state index contributed by atoms with van der Waals surface area (Å²) in [6.45, 7) is 4.07. The molecule has 0 radical (unpaired) electrons. The van der Waals surface area contributed by atoms with Crippen molar-refractivity contribution in [2.45, 2.75) is 58.3 Å². The first kappa shape index (κ1) is 26.5. The van der Waals surface area contributed by atoms with Crippen LogP contribution in [0.2, 0.25) is 0 Å². The largest absolute Gasteiger partial charge is 0.490 e. The van der Waals surface area contributed by atoms with Crippen molar-refractivity contribution in [3.05, 3.63) is 73.6 Å². The number of nitrogens with one attached hydrogen (secondary N) is 2. The number of aryl methyl sites for hydroxylation is 1. The summed E-state index contributed by atoms with van der Waals surface area (Å²) in [5.74, 6) is 0.448. The van der Waals surface area contributed by atoms with E-state index in [2.05, 4.69) is 33.2 Å². The molecule has 0 unspecified atom stereocenters. The number of ketones is 2. The van der Waals surface area contributed by atoms with Crippen LogP contribution >= 0.6 is 22.6 Å². The van der Waals surface area contributed by atoms with Crippen LogP contribution < -0.4 is 20.1 Å². The molecule has 0 aromatic heterocycles. The Labute approximate surface area is 236 Å². The van der Waals surface area contributed by atoms with E-state index in [4.69, 9.17) is 9.47 Å². The summed E-state index contributed by atoms with van der Waals surface area (Å²) in [6.07, 6.45) is 4.20. The number of carbonyl (C=O) groups is 3. The predicted molar refractivity (Wildman–Crippen MR) is 153 cm³/mol. The average Bonchev–Trinajstić information content (AvgIpc) is 2.87. The molecule has 0 saturated heterocycles. The van der Waals surface area contributed by atoms with Crippen LogP contribution in [-0.4, -0.2) is 30.7 Å². The Morgan fingerprint density at radius 2 is 1.68 bits per heavy atom. The van der Waals surface area contributed by atoms with Crippen LogP contribution in [0.1, 0.15) is 62.5 Å². The zero-order valence-corrected chi connectivity index (χ0v) is 23.8. The van der Waals surface area contributed by atoms with E-state index >= 15 is 0 Å². The van der Waals surface area contributed by atoms with E-state index in [0.29, 0.717) is 47.8 Å². The maximum absolute atomic E-state index is 13.2. The molecule has 5 rings (SSSR count). The molecule has 2 aromatic carbocycles. The van der Waals surface area contributed by atoms with Crippen LogP contribution in [0.4, 0.5) is 5.69 Å². The summed E-state index contributed by atoms with van der Waals surface area (Å²) in [5.41, 5.74) is 5.89. The summed E-state index contributed by atoms with van der Waals surface area (Å²) in [7, 11) is 0. The molecule has 38 heavy (non-hydrogen) atoms. The van der Waals surface area contributed by atoms with E-state index in [1.165, 1.54) is 0 Å². The normalized spacial score (nSPS) is 17.6. The topological polar surface area (TPSA) is 93.7 Å². The van der Waals surface area contributed by atoms with Gasteiger partial charge in [-0.25, -0.2) is 0 Å². The molecule has 0 spiro atoms. The van der Waals surface area contributed by atoms with E-state index in [0.717, 1.165) is 51.8 Å². The van der Waals surface area contributed by atoms with Crippen LogP contribution in [0.3, 0.4) is 0 Å². The maximum atomic E-state index is 13.2. The fourth-order valence-corrected chi connectivity index (χ4v) is 6.31. The third-order valence-electron chi connectivity index (χ3n) is 7.11. The highest BCUT2D eigenvalue weighted by Gasteiger charge is 2.40. The fourth-order valence-electron chi connectivity index (χ4n) is 5.53. The van der Waals surface area contributed by atoms with Crippen molar-refractivity contribution in [2.24, 2.45) is 0 Å². The number of ether oxygens (including phenoxy) is 2. The van der Waals surface area contributed by atoms with Gasteiger partial charge in [0, 0.05) is 47.0 Å². The molecular weight excluding hydrogens is 595 g/mol. The number of hydrogen-bond donors (Lipinski definition) is 2. The Morgan fingerprint density at radius 3 is 2.32 bits per heavy atom. The summed E-state index contributed by atoms with van der Waals surface area (Å²) in [5, 5.41) is 6.31. The van der Waals surface area contributed by atoms with Crippen molar-refractivity contribution in [3.8, 4) is 11.5 Å². The third kappa shape index (κ3) is 5.36. The molecule has 2 aliphatic carbocycles. The molecule has 7 nitrogen and oxygen atoms in total. The number of amides is 1. The fraction of sp³-hybridized carbons (Fsp3) is 0.367. The molecule has 1 amide bonds. The second kappa shape index (κ2) is 11.3. The average molecular weight is 626 g/mol. The van der Waals surface area contributed by atoms with Crippen molar-refractivity contribution in [1.82, 2.24) is 5.32 Å². The van der Waals surface area contributed by atoms with Crippen molar-refractivity contribution < 1.29 is 23.9 Å². The van der Waals surface area contributed by atoms with Crippen LogP contribution in [-0.2, 0) is 14.4 Å². The Kier molecular flexibility index (Phi) is 7.88. The minimum atomic E-state index is -0.423. The van der Waals surface area contributed by atoms with Crippen molar-refractivity contribution in [2.75, 3.05) is 18.5 Å². The molecule has 1 heterocycles. The molecule has 198 valence electrons. The Balaban J connectivity index is 1.47. The number of hydrogen-bond acceptors (Lipinski definition) is 6. The van der Waals surface area contributed by atoms with Crippen molar-refractivity contribution in [1.29, 1.82) is 0 Å². The molecule has 0 fully saturated rings. The van der Waals surface area contributed by atoms with Crippen LogP contribution in [0.5, 0.6) is 11.5 Å². The SMILES string of the molecule is CCOc1cc(C2C3=C(CCCC3=O)NC3=C2C(=O)CCC3)cc(I)c1OCC(=O)Nc1cccc(C)c1. The zero-order valence-electron chi connectivity index (χ0n) is 21.6. The minimum absolute atomic E-state index is 0.0924. The Morgan fingerprint density at radius 1 is 1.00 bits per heavy atom. The lowest BCUT2D eigenvalue weighted by molar-refractivity contribution is -0.118. The second-order valence-electron chi connectivity index (χ2n) is 9.87. The number of halogens is 1. The minimum Gasteiger partial charge on any atom is -0.490 e. The van der Waals surface area contributed by atoms with Crippen molar-refractivity contribution >= 4 is 45.8 Å². The van der Waals surface area contributed by atoms with Gasteiger partial charge >= 0.3 is 0 Å². The van der Waals surface area contributed by atoms with Crippen LogP contribution in [0.25, 0.3) is 0 Å². The third-order valence-corrected chi connectivity index (χ3v) is 7.91. The summed E-state index contributed by atoms with van der Waals surface area (Å²) >= 11 is 2.17. The molecule has 0 saturated carbocycles. The van der Waals surface area contributed by atoms with Gasteiger partial charge in [0.05, 0.1) is 10.2 Å². The highest BCUT2D eigenvalue weighted by Crippen LogP contribution is 2.47. The first-order valence-electron chi connectivity index (χ1n) is 13.1. The van der Waals surface area contributed by atoms with Gasteiger partial charge in [0.1, 0.15) is 0 Å². The van der Waals surface area contributed by atoms with Gasteiger partial charge < -0.3 is 20.1 Å². The first-order valence-corrected chi connectivity index (χ1v) is 14.2. The van der Waals surface area contributed by atoms with Crippen LogP contribution in [0, 0.1) is 10.5 Å². The van der Waals surface area contributed by atoms with E-state index in [-0.39, 0.29) is 24.1 Å². The van der Waals surface area contributed by atoms with Gasteiger partial charge in [0.15, 0.2) is 29.7 Å². The van der Waals surface area contributed by atoms with Gasteiger partial charge in [0.2, 0.25) is 0 Å². The predicted octanol–water partition coefficient (Wildman–Crippen LogP) is 5.72. The van der Waals surface area contributed by atoms with E-state index in [9.17, 15) is 14.4 Å². The van der Waals surface area contributed by atoms with Gasteiger partial charge in [-0.2, -0.15) is 0 Å². The van der Waals surface area contributed by atoms with Crippen molar-refractivity contribution in [3.63, 3.8) is 0 Å². The monoisotopic (exact) mass is 626 g/mol.